The largest absolute Gasteiger partial charge is 0.416 e. The van der Waals surface area contributed by atoms with Gasteiger partial charge in [-0.15, -0.1) is 0 Å². The van der Waals surface area contributed by atoms with Crippen LogP contribution in [0.3, 0.4) is 0 Å². The van der Waals surface area contributed by atoms with Gasteiger partial charge in [-0.3, -0.25) is 9.69 Å². The molecule has 2 atom stereocenters. The van der Waals surface area contributed by atoms with Crippen LogP contribution in [-0.4, -0.2) is 65.5 Å². The van der Waals surface area contributed by atoms with Crippen molar-refractivity contribution in [1.82, 2.24) is 19.5 Å². The van der Waals surface area contributed by atoms with Crippen LogP contribution < -0.4 is 5.01 Å². The van der Waals surface area contributed by atoms with Crippen molar-refractivity contribution >= 4 is 12.0 Å². The summed E-state index contributed by atoms with van der Waals surface area (Å²) in [5, 5.41) is 11.0. The molecule has 7 nitrogen and oxygen atoms in total. The van der Waals surface area contributed by atoms with Crippen molar-refractivity contribution in [1.29, 1.82) is 5.26 Å². The highest BCUT2D eigenvalue weighted by atomic mass is 19.4. The summed E-state index contributed by atoms with van der Waals surface area (Å²) in [7, 11) is 3.73. The molecule has 1 aliphatic rings. The molecule has 194 valence electrons. The fourth-order valence-corrected chi connectivity index (χ4v) is 4.86. The first-order valence-electron chi connectivity index (χ1n) is 12.1. The van der Waals surface area contributed by atoms with E-state index >= 15 is 0 Å². The van der Waals surface area contributed by atoms with Gasteiger partial charge < -0.3 is 9.91 Å². The van der Waals surface area contributed by atoms with Crippen LogP contribution in [0, 0.1) is 11.3 Å². The summed E-state index contributed by atoms with van der Waals surface area (Å²) >= 11 is 0. The quantitative estimate of drug-likeness (QED) is 0.377. The summed E-state index contributed by atoms with van der Waals surface area (Å²) < 4.78 is 40.9. The van der Waals surface area contributed by atoms with Crippen molar-refractivity contribution in [2.24, 2.45) is 0 Å². The van der Waals surface area contributed by atoms with E-state index in [0.29, 0.717) is 36.8 Å². The molecule has 1 aromatic carbocycles. The first kappa shape index (κ1) is 27.3. The number of rotatable bonds is 9. The lowest BCUT2D eigenvalue weighted by Crippen LogP contribution is -2.53. The van der Waals surface area contributed by atoms with Crippen LogP contribution in [0.5, 0.6) is 0 Å². The molecule has 3 rings (SSSR count). The van der Waals surface area contributed by atoms with Crippen LogP contribution in [0.2, 0.25) is 0 Å². The van der Waals surface area contributed by atoms with Gasteiger partial charge in [0.05, 0.1) is 35.6 Å². The van der Waals surface area contributed by atoms with E-state index in [-0.39, 0.29) is 18.5 Å². The molecule has 1 fully saturated rings. The zero-order chi connectivity index (χ0) is 26.5. The van der Waals surface area contributed by atoms with Crippen molar-refractivity contribution < 1.29 is 18.0 Å². The van der Waals surface area contributed by atoms with Gasteiger partial charge in [0.25, 0.3) is 0 Å². The number of hydrogen-bond donors (Lipinski definition) is 0. The SMILES string of the molecule is CCC(c1ccc(C(F)(F)F)cc1)N1CCN(/C(=C/C=O)c2nc(CC#N)cn2N(C)C)C(CC)C1. The maximum Gasteiger partial charge on any atom is 0.416 e. The van der Waals surface area contributed by atoms with Crippen LogP contribution in [0.1, 0.15) is 55.4 Å². The number of aromatic nitrogens is 2. The Morgan fingerprint density at radius 1 is 1.25 bits per heavy atom. The summed E-state index contributed by atoms with van der Waals surface area (Å²) in [6.07, 6.45) is 1.45. The number of nitrogens with zero attached hydrogens (tertiary/aromatic N) is 6. The highest BCUT2D eigenvalue weighted by Gasteiger charge is 2.34. The van der Waals surface area contributed by atoms with E-state index in [2.05, 4.69) is 27.8 Å². The summed E-state index contributed by atoms with van der Waals surface area (Å²) in [6.45, 7) is 6.12. The van der Waals surface area contributed by atoms with Gasteiger partial charge in [0.2, 0.25) is 0 Å². The smallest absolute Gasteiger partial charge is 0.363 e. The molecule has 0 bridgehead atoms. The molecule has 0 amide bonds. The predicted octanol–water partition coefficient (Wildman–Crippen LogP) is 4.25. The Kier molecular flexibility index (Phi) is 8.79. The van der Waals surface area contributed by atoms with E-state index in [1.54, 1.807) is 18.3 Å². The maximum absolute atomic E-state index is 13.0. The first-order valence-corrected chi connectivity index (χ1v) is 12.1. The third-order valence-electron chi connectivity index (χ3n) is 6.63. The lowest BCUT2D eigenvalue weighted by molar-refractivity contribution is -0.137. The summed E-state index contributed by atoms with van der Waals surface area (Å²) in [5.41, 5.74) is 1.53. The average Bonchev–Trinajstić information content (AvgIpc) is 3.27. The molecular weight excluding hydrogens is 469 g/mol. The molecule has 2 heterocycles. The minimum Gasteiger partial charge on any atom is -0.363 e. The monoisotopic (exact) mass is 502 g/mol. The Morgan fingerprint density at radius 3 is 2.47 bits per heavy atom. The number of hydrogen-bond acceptors (Lipinski definition) is 6. The van der Waals surface area contributed by atoms with E-state index in [9.17, 15) is 18.0 Å². The van der Waals surface area contributed by atoms with Crippen LogP contribution >= 0.6 is 0 Å². The second-order valence-electron chi connectivity index (χ2n) is 9.06. The number of nitriles is 1. The van der Waals surface area contributed by atoms with E-state index in [4.69, 9.17) is 5.26 Å². The predicted molar refractivity (Wildman–Crippen MR) is 132 cm³/mol. The van der Waals surface area contributed by atoms with E-state index in [1.807, 2.05) is 30.7 Å². The molecule has 1 aromatic heterocycles. The first-order chi connectivity index (χ1) is 17.1. The van der Waals surface area contributed by atoms with Crippen molar-refractivity contribution in [2.75, 3.05) is 38.7 Å². The molecule has 0 saturated carbocycles. The number of imidazole rings is 1. The molecule has 2 aromatic rings. The molecule has 0 radical (unpaired) electrons. The van der Waals surface area contributed by atoms with E-state index in [1.165, 1.54) is 6.08 Å². The molecule has 2 unspecified atom stereocenters. The van der Waals surface area contributed by atoms with Crippen LogP contribution in [-0.2, 0) is 17.4 Å². The molecule has 0 spiro atoms. The van der Waals surface area contributed by atoms with Gasteiger partial charge in [-0.2, -0.15) is 18.4 Å². The van der Waals surface area contributed by atoms with Gasteiger partial charge in [0.15, 0.2) is 5.82 Å². The minimum atomic E-state index is -4.36. The van der Waals surface area contributed by atoms with Gasteiger partial charge in [0, 0.05) is 51.9 Å². The van der Waals surface area contributed by atoms with Crippen molar-refractivity contribution in [3.8, 4) is 6.07 Å². The third-order valence-corrected chi connectivity index (χ3v) is 6.63. The molecular formula is C26H33F3N6O. The molecule has 0 N–H and O–H groups in total. The normalized spacial score (nSPS) is 18.1. The lowest BCUT2D eigenvalue weighted by Gasteiger charge is -2.46. The van der Waals surface area contributed by atoms with E-state index < -0.39 is 11.7 Å². The Hall–Kier alpha value is -3.32. The van der Waals surface area contributed by atoms with Crippen LogP contribution in [0.25, 0.3) is 5.70 Å². The Morgan fingerprint density at radius 2 is 1.94 bits per heavy atom. The van der Waals surface area contributed by atoms with Crippen LogP contribution in [0.15, 0.2) is 36.5 Å². The van der Waals surface area contributed by atoms with Crippen molar-refractivity contribution in [3.05, 3.63) is 59.2 Å². The Balaban J connectivity index is 1.88. The highest BCUT2D eigenvalue weighted by molar-refractivity contribution is 5.79. The molecule has 1 aliphatic heterocycles. The average molecular weight is 503 g/mol. The number of carbonyl (C=O) groups is 1. The number of carbonyl (C=O) groups excluding carboxylic acids is 1. The Bertz CT molecular complexity index is 1100. The van der Waals surface area contributed by atoms with Crippen molar-refractivity contribution in [2.45, 2.75) is 51.4 Å². The molecule has 0 aliphatic carbocycles. The number of benzene rings is 1. The summed E-state index contributed by atoms with van der Waals surface area (Å²) in [5.74, 6) is 0.596. The zero-order valence-electron chi connectivity index (χ0n) is 21.2. The topological polar surface area (TPSA) is 68.4 Å². The zero-order valence-corrected chi connectivity index (χ0v) is 21.2. The van der Waals surface area contributed by atoms with Gasteiger partial charge in [-0.05, 0) is 30.5 Å². The van der Waals surface area contributed by atoms with E-state index in [0.717, 1.165) is 36.8 Å². The van der Waals surface area contributed by atoms with Gasteiger partial charge in [-0.25, -0.2) is 9.66 Å². The molecule has 10 heteroatoms. The summed E-state index contributed by atoms with van der Waals surface area (Å²) in [4.78, 5) is 20.8. The van der Waals surface area contributed by atoms with Gasteiger partial charge >= 0.3 is 6.18 Å². The Labute approximate surface area is 210 Å². The second kappa shape index (κ2) is 11.6. The number of piperazine rings is 1. The number of halogens is 3. The highest BCUT2D eigenvalue weighted by Crippen LogP contribution is 2.34. The van der Waals surface area contributed by atoms with Crippen LogP contribution in [0.4, 0.5) is 13.2 Å². The summed E-state index contributed by atoms with van der Waals surface area (Å²) in [6, 6.07) is 7.63. The maximum atomic E-state index is 13.0. The lowest BCUT2D eigenvalue weighted by atomic mass is 9.98. The number of aldehydes is 1. The second-order valence-corrected chi connectivity index (χ2v) is 9.06. The van der Waals surface area contributed by atoms with Gasteiger partial charge in [-0.1, -0.05) is 26.0 Å². The number of alkyl halides is 3. The molecule has 1 saturated heterocycles. The molecule has 36 heavy (non-hydrogen) atoms. The number of allylic oxidation sites excluding steroid dienone is 1. The minimum absolute atomic E-state index is 0.00650. The van der Waals surface area contributed by atoms with Gasteiger partial charge in [0.1, 0.15) is 6.29 Å². The van der Waals surface area contributed by atoms with Crippen molar-refractivity contribution in [3.63, 3.8) is 0 Å². The third kappa shape index (κ3) is 5.90. The fourth-order valence-electron chi connectivity index (χ4n) is 4.86. The standard InChI is InChI=1S/C26H33F3N6O/c1-5-22-18-33(23(6-2)19-7-9-20(10-8-19)26(27,28)29)14-15-34(22)24(12-16-36)25-31-21(11-13-30)17-35(25)32(3)4/h7-10,12,16-17,22-23H,5-6,11,14-15,18H2,1-4H3/b24-12+. The fraction of sp³-hybridized carbons (Fsp3) is 0.500.